The molecule has 0 aliphatic carbocycles. The Labute approximate surface area is 236 Å². The van der Waals surface area contributed by atoms with E-state index in [-0.39, 0.29) is 36.0 Å². The Hall–Kier alpha value is -1.46. The Bertz CT molecular complexity index is 993. The molecule has 38 heavy (non-hydrogen) atoms. The maximum absolute atomic E-state index is 5.52. The van der Waals surface area contributed by atoms with E-state index in [0.29, 0.717) is 17.9 Å². The second-order valence-electron chi connectivity index (χ2n) is 14.9. The summed E-state index contributed by atoms with van der Waals surface area (Å²) in [5.41, 5.74) is 4.08. The number of aliphatic imine (C=N–C) groups is 1. The van der Waals surface area contributed by atoms with E-state index in [0.717, 1.165) is 6.42 Å². The summed E-state index contributed by atoms with van der Waals surface area (Å²) in [5, 5.41) is 0. The zero-order valence-electron chi connectivity index (χ0n) is 27.6. The first-order chi connectivity index (χ1) is 17.3. The Morgan fingerprint density at radius 3 is 1.68 bits per heavy atom. The lowest BCUT2D eigenvalue weighted by atomic mass is 9.10. The van der Waals surface area contributed by atoms with Gasteiger partial charge in [-0.2, -0.15) is 0 Å². The number of para-hydroxylation sites is 1. The molecule has 0 aromatic heterocycles. The predicted octanol–water partition coefficient (Wildman–Crippen LogP) is 6.44. The fraction of sp³-hybridized carbons (Fsp3) is 0.774. The zero-order chi connectivity index (χ0) is 29.1. The van der Waals surface area contributed by atoms with E-state index in [4.69, 9.17) is 4.99 Å². The van der Waals surface area contributed by atoms with Crippen LogP contribution >= 0.6 is 0 Å². The van der Waals surface area contributed by atoms with Crippen molar-refractivity contribution in [3.05, 3.63) is 29.3 Å². The van der Waals surface area contributed by atoms with Crippen LogP contribution in [0.25, 0.3) is 0 Å². The molecule has 3 rings (SSSR count). The third kappa shape index (κ3) is 4.64. The normalized spacial score (nSPS) is 23.9. The highest BCUT2D eigenvalue weighted by Gasteiger charge is 2.79. The number of hydrogen-bond acceptors (Lipinski definition) is 4. The molecule has 1 spiro atoms. The molecule has 0 saturated carbocycles. The van der Waals surface area contributed by atoms with E-state index in [1.165, 1.54) is 22.6 Å². The van der Waals surface area contributed by atoms with E-state index < -0.39 is 0 Å². The lowest BCUT2D eigenvalue weighted by molar-refractivity contribution is 0.272. The lowest BCUT2D eigenvalue weighted by Gasteiger charge is -2.69. The van der Waals surface area contributed by atoms with Gasteiger partial charge in [-0.1, -0.05) is 59.7 Å². The van der Waals surface area contributed by atoms with Gasteiger partial charge < -0.3 is 19.3 Å². The summed E-state index contributed by atoms with van der Waals surface area (Å²) < 4.78 is 0. The molecule has 0 bridgehead atoms. The van der Waals surface area contributed by atoms with Crippen LogP contribution in [0.5, 0.6) is 0 Å². The summed E-state index contributed by atoms with van der Waals surface area (Å²) in [5.74, 6) is 2.15. The van der Waals surface area contributed by atoms with Crippen molar-refractivity contribution < 1.29 is 0 Å². The summed E-state index contributed by atoms with van der Waals surface area (Å²) in [6.07, 6.45) is 1.11. The third-order valence-electron chi connectivity index (χ3n) is 9.02. The van der Waals surface area contributed by atoms with E-state index in [1.54, 1.807) is 0 Å². The number of benzene rings is 1. The van der Waals surface area contributed by atoms with Crippen molar-refractivity contribution in [1.82, 2.24) is 14.4 Å². The minimum atomic E-state index is -0.251. The van der Waals surface area contributed by atoms with Gasteiger partial charge in [-0.3, -0.25) is 4.99 Å². The summed E-state index contributed by atoms with van der Waals surface area (Å²) in [6.45, 7) is 29.1. The van der Waals surface area contributed by atoms with E-state index in [9.17, 15) is 0 Å². The molecule has 1 aromatic carbocycles. The monoisotopic (exact) mass is 521 g/mol. The smallest absolute Gasteiger partial charge is 0.301 e. The van der Waals surface area contributed by atoms with Gasteiger partial charge in [0, 0.05) is 23.3 Å². The average molecular weight is 521 g/mol. The molecule has 0 unspecified atom stereocenters. The van der Waals surface area contributed by atoms with Gasteiger partial charge in [0.05, 0.1) is 5.44 Å². The van der Waals surface area contributed by atoms with Gasteiger partial charge in [-0.25, -0.2) is 0 Å². The standard InChI is InChI=1S/C31H57B2N5/c1-21(2)25-18-17-19-26(22(3)4)27(25)38-30(11,12)20-29(9,10)31(38)28(34-23(5)6)37(24(7)8)32(31)33(35(13)14)36(15)16/h17-19,21-24H,20H2,1-16H3/t31-/m1/s1. The number of anilines is 1. The summed E-state index contributed by atoms with van der Waals surface area (Å²) in [6, 6.07) is 7.62. The quantitative estimate of drug-likeness (QED) is 0.368. The lowest BCUT2D eigenvalue weighted by Crippen LogP contribution is -2.93. The van der Waals surface area contributed by atoms with Gasteiger partial charge in [0.15, 0.2) is 0 Å². The molecule has 7 heteroatoms. The molecular weight excluding hydrogens is 464 g/mol. The van der Waals surface area contributed by atoms with E-state index in [2.05, 4.69) is 149 Å². The minimum Gasteiger partial charge on any atom is -0.401 e. The van der Waals surface area contributed by atoms with Crippen LogP contribution in [0, 0.1) is 5.41 Å². The first-order valence-electron chi connectivity index (χ1n) is 15.0. The highest BCUT2D eigenvalue weighted by molar-refractivity contribution is 7.24. The molecule has 5 nitrogen and oxygen atoms in total. The second kappa shape index (κ2) is 10.5. The molecule has 1 aromatic rings. The Balaban J connectivity index is 2.56. The molecule has 0 amide bonds. The molecule has 0 radical (unpaired) electrons. The molecule has 1 atom stereocenters. The van der Waals surface area contributed by atoms with E-state index >= 15 is 0 Å². The Morgan fingerprint density at radius 2 is 1.32 bits per heavy atom. The molecule has 2 fully saturated rings. The van der Waals surface area contributed by atoms with Crippen molar-refractivity contribution in [3.8, 4) is 0 Å². The first kappa shape index (κ1) is 31.1. The fourth-order valence-electron chi connectivity index (χ4n) is 8.22. The first-order valence-corrected chi connectivity index (χ1v) is 15.0. The van der Waals surface area contributed by atoms with Crippen LogP contribution in [0.4, 0.5) is 5.69 Å². The molecule has 212 valence electrons. The Morgan fingerprint density at radius 1 is 0.842 bits per heavy atom. The number of nitrogens with zero attached hydrogens (tertiary/aromatic N) is 5. The van der Waals surface area contributed by atoms with Crippen LogP contribution in [0.15, 0.2) is 23.2 Å². The van der Waals surface area contributed by atoms with Crippen LogP contribution < -0.4 is 4.90 Å². The van der Waals surface area contributed by atoms with Gasteiger partial charge >= 0.3 is 6.87 Å². The summed E-state index contributed by atoms with van der Waals surface area (Å²) in [4.78, 5) is 15.9. The third-order valence-corrected chi connectivity index (χ3v) is 9.02. The highest BCUT2D eigenvalue weighted by atomic mass is 15.4. The van der Waals surface area contributed by atoms with Crippen LogP contribution in [-0.4, -0.2) is 85.1 Å². The maximum Gasteiger partial charge on any atom is 0.301 e. The minimum absolute atomic E-state index is 0.00287. The number of amidine groups is 1. The second-order valence-corrected chi connectivity index (χ2v) is 14.9. The highest BCUT2D eigenvalue weighted by Crippen LogP contribution is 2.63. The topological polar surface area (TPSA) is 25.3 Å². The molecule has 0 N–H and O–H groups in total. The number of rotatable bonds is 8. The average Bonchev–Trinajstić information content (AvgIpc) is 2.92. The van der Waals surface area contributed by atoms with Crippen LogP contribution in [0.1, 0.15) is 112 Å². The van der Waals surface area contributed by atoms with Gasteiger partial charge in [0.1, 0.15) is 5.84 Å². The molecule has 2 aliphatic rings. The van der Waals surface area contributed by atoms with Crippen molar-refractivity contribution in [2.24, 2.45) is 10.4 Å². The van der Waals surface area contributed by atoms with Crippen molar-refractivity contribution in [3.63, 3.8) is 0 Å². The summed E-state index contributed by atoms with van der Waals surface area (Å²) >= 11 is 0. The van der Waals surface area contributed by atoms with Gasteiger partial charge in [0.2, 0.25) is 0 Å². The maximum atomic E-state index is 5.52. The largest absolute Gasteiger partial charge is 0.401 e. The van der Waals surface area contributed by atoms with Crippen molar-refractivity contribution in [1.29, 1.82) is 0 Å². The SMILES string of the molecule is CC(C)N=C1N(C(C)C)B(B(N(C)C)N(C)C)[C@@]12N(c1c(C(C)C)cccc1C(C)C)C(C)(C)CC2(C)C. The molecule has 2 saturated heterocycles. The summed E-state index contributed by atoms with van der Waals surface area (Å²) in [7, 11) is 8.97. The molecule has 2 heterocycles. The van der Waals surface area contributed by atoms with Crippen molar-refractivity contribution >= 4 is 25.1 Å². The molecular formula is C31H57B2N5. The van der Waals surface area contributed by atoms with E-state index in [1.807, 2.05) is 0 Å². The zero-order valence-corrected chi connectivity index (χ0v) is 27.6. The van der Waals surface area contributed by atoms with Gasteiger partial charge in [0.25, 0.3) is 6.74 Å². The Kier molecular flexibility index (Phi) is 8.59. The van der Waals surface area contributed by atoms with Crippen LogP contribution in [0.2, 0.25) is 0 Å². The van der Waals surface area contributed by atoms with Crippen molar-refractivity contribution in [2.75, 3.05) is 33.1 Å². The van der Waals surface area contributed by atoms with Gasteiger partial charge in [-0.05, 0) is 105 Å². The van der Waals surface area contributed by atoms with Crippen LogP contribution in [-0.2, 0) is 0 Å². The fourth-order valence-corrected chi connectivity index (χ4v) is 8.22. The predicted molar refractivity (Wildman–Crippen MR) is 171 cm³/mol. The van der Waals surface area contributed by atoms with Gasteiger partial charge in [-0.15, -0.1) is 0 Å². The molecule has 2 aliphatic heterocycles. The van der Waals surface area contributed by atoms with Crippen molar-refractivity contribution in [2.45, 2.75) is 124 Å². The van der Waals surface area contributed by atoms with Crippen LogP contribution in [0.3, 0.4) is 0 Å². The number of hydrogen-bond donors (Lipinski definition) is 0.